The summed E-state index contributed by atoms with van der Waals surface area (Å²) in [6, 6.07) is 14.2. The second kappa shape index (κ2) is 8.16. The quantitative estimate of drug-likeness (QED) is 0.344. The van der Waals surface area contributed by atoms with Crippen molar-refractivity contribution in [3.63, 3.8) is 0 Å². The van der Waals surface area contributed by atoms with Crippen molar-refractivity contribution in [3.8, 4) is 5.75 Å². The van der Waals surface area contributed by atoms with Crippen LogP contribution in [0.3, 0.4) is 0 Å². The van der Waals surface area contributed by atoms with Crippen molar-refractivity contribution in [2.45, 2.75) is 11.6 Å². The Morgan fingerprint density at radius 2 is 1.96 bits per heavy atom. The number of rotatable bonds is 6. The molecule has 0 N–H and O–H groups in total. The number of benzene rings is 2. The van der Waals surface area contributed by atoms with Crippen LogP contribution in [0, 0.1) is 0 Å². The zero-order valence-electron chi connectivity index (χ0n) is 15.6. The number of aromatic nitrogens is 2. The van der Waals surface area contributed by atoms with E-state index in [-0.39, 0.29) is 5.91 Å². The molecule has 28 heavy (non-hydrogen) atoms. The second-order valence-corrected chi connectivity index (χ2v) is 8.28. The third-order valence-electron chi connectivity index (χ3n) is 4.50. The van der Waals surface area contributed by atoms with Gasteiger partial charge in [0.1, 0.15) is 17.1 Å². The van der Waals surface area contributed by atoms with E-state index < -0.39 is 0 Å². The first-order valence-electron chi connectivity index (χ1n) is 8.75. The van der Waals surface area contributed by atoms with E-state index in [9.17, 15) is 4.79 Å². The largest absolute Gasteiger partial charge is 0.497 e. The molecular weight excluding hydrogens is 390 g/mol. The van der Waals surface area contributed by atoms with Crippen LogP contribution in [0.2, 0.25) is 0 Å². The van der Waals surface area contributed by atoms with Crippen molar-refractivity contribution in [2.75, 3.05) is 19.9 Å². The van der Waals surface area contributed by atoms with Crippen LogP contribution < -0.4 is 4.74 Å². The normalized spacial score (nSPS) is 11.1. The molecule has 2 aromatic heterocycles. The number of carbonyl (C=O) groups is 1. The van der Waals surface area contributed by atoms with Crippen LogP contribution in [0.4, 0.5) is 0 Å². The van der Waals surface area contributed by atoms with E-state index in [1.54, 1.807) is 29.7 Å². The molecule has 7 heteroatoms. The molecule has 2 aromatic carbocycles. The monoisotopic (exact) mass is 409 g/mol. The van der Waals surface area contributed by atoms with Gasteiger partial charge in [-0.05, 0) is 46.0 Å². The van der Waals surface area contributed by atoms with Gasteiger partial charge in [0.15, 0.2) is 0 Å². The van der Waals surface area contributed by atoms with Crippen molar-refractivity contribution in [3.05, 3.63) is 59.7 Å². The molecule has 5 nitrogen and oxygen atoms in total. The summed E-state index contributed by atoms with van der Waals surface area (Å²) in [6.45, 7) is 0.569. The number of fused-ring (bicyclic) bond motifs is 2. The lowest BCUT2D eigenvalue weighted by atomic mass is 10.1. The Morgan fingerprint density at radius 3 is 2.82 bits per heavy atom. The van der Waals surface area contributed by atoms with Crippen LogP contribution in [0.5, 0.6) is 5.75 Å². The Labute approximate surface area is 171 Å². The molecule has 4 rings (SSSR count). The van der Waals surface area contributed by atoms with Crippen LogP contribution in [0.15, 0.2) is 59.2 Å². The van der Waals surface area contributed by atoms with E-state index in [2.05, 4.69) is 28.2 Å². The van der Waals surface area contributed by atoms with Crippen molar-refractivity contribution < 1.29 is 9.53 Å². The van der Waals surface area contributed by atoms with E-state index in [4.69, 9.17) is 4.74 Å². The standard InChI is InChI=1S/C21H19N3O2S2/c1-24(11-14-3-4-16-10-17(26-2)6-5-15(16)9-14)19(25)12-28-21-20-18(7-8-27-20)22-13-23-21/h3-10,13H,11-12H2,1-2H3. The molecule has 1 amide bonds. The SMILES string of the molecule is COc1ccc2cc(CN(C)C(=O)CSc3ncnc4ccsc34)ccc2c1. The number of ether oxygens (including phenoxy) is 1. The Morgan fingerprint density at radius 1 is 1.14 bits per heavy atom. The van der Waals surface area contributed by atoms with Gasteiger partial charge in [0.05, 0.1) is 23.1 Å². The second-order valence-electron chi connectivity index (χ2n) is 6.40. The van der Waals surface area contributed by atoms with Crippen molar-refractivity contribution in [2.24, 2.45) is 0 Å². The first-order chi connectivity index (χ1) is 13.6. The number of amides is 1. The maximum Gasteiger partial charge on any atom is 0.233 e. The van der Waals surface area contributed by atoms with Gasteiger partial charge in [-0.15, -0.1) is 11.3 Å². The van der Waals surface area contributed by atoms with Crippen LogP contribution >= 0.6 is 23.1 Å². The zero-order chi connectivity index (χ0) is 19.5. The van der Waals surface area contributed by atoms with Crippen molar-refractivity contribution >= 4 is 50.0 Å². The molecule has 0 atom stereocenters. The molecule has 0 aliphatic heterocycles. The van der Waals surface area contributed by atoms with E-state index in [1.807, 2.05) is 36.7 Å². The van der Waals surface area contributed by atoms with Gasteiger partial charge in [0.25, 0.3) is 0 Å². The number of hydrogen-bond donors (Lipinski definition) is 0. The molecule has 0 radical (unpaired) electrons. The highest BCUT2D eigenvalue weighted by Crippen LogP contribution is 2.29. The van der Waals surface area contributed by atoms with Gasteiger partial charge in [-0.25, -0.2) is 9.97 Å². The molecule has 0 aliphatic rings. The molecule has 0 saturated heterocycles. The smallest absolute Gasteiger partial charge is 0.233 e. The molecular formula is C21H19N3O2S2. The van der Waals surface area contributed by atoms with E-state index in [1.165, 1.54) is 11.8 Å². The van der Waals surface area contributed by atoms with Crippen molar-refractivity contribution in [1.29, 1.82) is 0 Å². The number of thiophene rings is 1. The van der Waals surface area contributed by atoms with Gasteiger partial charge in [-0.2, -0.15) is 0 Å². The van der Waals surface area contributed by atoms with E-state index >= 15 is 0 Å². The lowest BCUT2D eigenvalue weighted by molar-refractivity contribution is -0.127. The highest BCUT2D eigenvalue weighted by Gasteiger charge is 2.13. The fourth-order valence-corrected chi connectivity index (χ4v) is 4.86. The third-order valence-corrected chi connectivity index (χ3v) is 6.51. The number of hydrogen-bond acceptors (Lipinski definition) is 6. The Bertz CT molecular complexity index is 1140. The predicted molar refractivity (Wildman–Crippen MR) is 115 cm³/mol. The minimum Gasteiger partial charge on any atom is -0.497 e. The van der Waals surface area contributed by atoms with Gasteiger partial charge in [-0.1, -0.05) is 30.0 Å². The van der Waals surface area contributed by atoms with Crippen molar-refractivity contribution in [1.82, 2.24) is 14.9 Å². The van der Waals surface area contributed by atoms with Gasteiger partial charge >= 0.3 is 0 Å². The summed E-state index contributed by atoms with van der Waals surface area (Å²) in [6.07, 6.45) is 1.55. The van der Waals surface area contributed by atoms with E-state index in [0.717, 1.165) is 37.3 Å². The Balaban J connectivity index is 1.41. The molecule has 0 spiro atoms. The van der Waals surface area contributed by atoms with Gasteiger partial charge in [0, 0.05) is 13.6 Å². The molecule has 4 aromatic rings. The highest BCUT2D eigenvalue weighted by atomic mass is 32.2. The van der Waals surface area contributed by atoms with Gasteiger partial charge in [-0.3, -0.25) is 4.79 Å². The fraction of sp³-hybridized carbons (Fsp3) is 0.190. The average molecular weight is 410 g/mol. The van der Waals surface area contributed by atoms with Crippen LogP contribution in [0.1, 0.15) is 5.56 Å². The maximum atomic E-state index is 12.6. The molecule has 142 valence electrons. The lowest BCUT2D eigenvalue weighted by Gasteiger charge is -2.17. The maximum absolute atomic E-state index is 12.6. The summed E-state index contributed by atoms with van der Waals surface area (Å²) < 4.78 is 6.31. The van der Waals surface area contributed by atoms with Crippen LogP contribution in [-0.4, -0.2) is 40.7 Å². The summed E-state index contributed by atoms with van der Waals surface area (Å²) in [4.78, 5) is 22.9. The number of carbonyl (C=O) groups excluding carboxylic acids is 1. The molecule has 0 unspecified atom stereocenters. The van der Waals surface area contributed by atoms with Crippen LogP contribution in [-0.2, 0) is 11.3 Å². The molecule has 2 heterocycles. The highest BCUT2D eigenvalue weighted by molar-refractivity contribution is 8.00. The fourth-order valence-electron chi connectivity index (χ4n) is 2.97. The Kier molecular flexibility index (Phi) is 5.45. The number of methoxy groups -OCH3 is 1. The summed E-state index contributed by atoms with van der Waals surface area (Å²) in [7, 11) is 3.50. The summed E-state index contributed by atoms with van der Waals surface area (Å²) >= 11 is 3.06. The average Bonchev–Trinajstić information content (AvgIpc) is 3.21. The number of nitrogens with zero attached hydrogens (tertiary/aromatic N) is 3. The third kappa shape index (κ3) is 3.95. The molecule has 0 saturated carbocycles. The summed E-state index contributed by atoms with van der Waals surface area (Å²) in [5.74, 6) is 1.27. The summed E-state index contributed by atoms with van der Waals surface area (Å²) in [5.41, 5.74) is 2.03. The molecule has 0 bridgehead atoms. The first kappa shape index (κ1) is 18.7. The molecule has 0 fully saturated rings. The topological polar surface area (TPSA) is 55.3 Å². The first-order valence-corrected chi connectivity index (χ1v) is 10.6. The zero-order valence-corrected chi connectivity index (χ0v) is 17.2. The van der Waals surface area contributed by atoms with Crippen LogP contribution in [0.25, 0.3) is 21.0 Å². The van der Waals surface area contributed by atoms with Gasteiger partial charge in [0.2, 0.25) is 5.91 Å². The minimum atomic E-state index is 0.0724. The van der Waals surface area contributed by atoms with Gasteiger partial charge < -0.3 is 9.64 Å². The predicted octanol–water partition coefficient (Wildman–Crippen LogP) is 4.60. The Hall–Kier alpha value is -2.64. The number of thioether (sulfide) groups is 1. The van der Waals surface area contributed by atoms with E-state index in [0.29, 0.717) is 12.3 Å². The minimum absolute atomic E-state index is 0.0724. The molecule has 0 aliphatic carbocycles. The summed E-state index contributed by atoms with van der Waals surface area (Å²) in [5, 5.41) is 5.11. The lowest BCUT2D eigenvalue weighted by Crippen LogP contribution is -2.27.